The van der Waals surface area contributed by atoms with Gasteiger partial charge < -0.3 is 4.90 Å². The van der Waals surface area contributed by atoms with Crippen LogP contribution in [0.3, 0.4) is 0 Å². The van der Waals surface area contributed by atoms with Gasteiger partial charge in [0.05, 0.1) is 10.5 Å². The molecule has 1 aliphatic heterocycles. The number of aryl methyl sites for hydroxylation is 2. The van der Waals surface area contributed by atoms with Crippen LogP contribution in [0.5, 0.6) is 0 Å². The summed E-state index contributed by atoms with van der Waals surface area (Å²) >= 11 is 0. The molecule has 0 radical (unpaired) electrons. The highest BCUT2D eigenvalue weighted by atomic mass is 32.2. The van der Waals surface area contributed by atoms with Crippen LogP contribution in [-0.4, -0.2) is 43.8 Å². The van der Waals surface area contributed by atoms with Gasteiger partial charge in [-0.05, 0) is 56.4 Å². The molecule has 1 aromatic carbocycles. The molecule has 0 aliphatic carbocycles. The summed E-state index contributed by atoms with van der Waals surface area (Å²) in [5, 5.41) is 0. The van der Waals surface area contributed by atoms with Crippen LogP contribution in [0.1, 0.15) is 34.3 Å². The Labute approximate surface area is 160 Å². The number of carbonyl (C=O) groups excluding carboxylic acids is 1. The fourth-order valence-corrected chi connectivity index (χ4v) is 4.76. The largest absolute Gasteiger partial charge is 0.339 e. The first-order valence-corrected chi connectivity index (χ1v) is 10.6. The average Bonchev–Trinajstić information content (AvgIpc) is 2.67. The minimum Gasteiger partial charge on any atom is -0.339 e. The van der Waals surface area contributed by atoms with E-state index in [1.807, 2.05) is 30.9 Å². The summed E-state index contributed by atoms with van der Waals surface area (Å²) in [5.41, 5.74) is 2.38. The molecule has 1 fully saturated rings. The van der Waals surface area contributed by atoms with E-state index >= 15 is 0 Å². The Balaban J connectivity index is 1.54. The predicted molar refractivity (Wildman–Crippen MR) is 104 cm³/mol. The summed E-state index contributed by atoms with van der Waals surface area (Å²) in [7, 11) is -3.52. The average molecular weight is 388 g/mol. The van der Waals surface area contributed by atoms with E-state index in [1.165, 1.54) is 0 Å². The molecule has 1 saturated heterocycles. The van der Waals surface area contributed by atoms with E-state index in [0.717, 1.165) is 24.0 Å². The minimum atomic E-state index is -3.52. The van der Waals surface area contributed by atoms with E-state index < -0.39 is 10.0 Å². The third kappa shape index (κ3) is 4.73. The molecule has 1 aromatic heterocycles. The van der Waals surface area contributed by atoms with Crippen molar-refractivity contribution in [1.29, 1.82) is 0 Å². The number of likely N-dealkylation sites (tertiary alicyclic amines) is 1. The van der Waals surface area contributed by atoms with Crippen LogP contribution >= 0.6 is 0 Å². The zero-order valence-corrected chi connectivity index (χ0v) is 16.5. The van der Waals surface area contributed by atoms with Crippen LogP contribution in [0.4, 0.5) is 0 Å². The molecule has 144 valence electrons. The Hall–Kier alpha value is -2.25. The lowest BCUT2D eigenvalue weighted by atomic mass is 9.97. The molecular weight excluding hydrogens is 362 g/mol. The number of piperidine rings is 1. The zero-order valence-electron chi connectivity index (χ0n) is 15.7. The number of nitrogens with one attached hydrogen (secondary N) is 1. The fourth-order valence-electron chi connectivity index (χ4n) is 3.42. The van der Waals surface area contributed by atoms with Gasteiger partial charge >= 0.3 is 0 Å². The molecule has 0 atom stereocenters. The normalized spacial score (nSPS) is 15.7. The van der Waals surface area contributed by atoms with Crippen molar-refractivity contribution in [2.24, 2.45) is 5.92 Å². The van der Waals surface area contributed by atoms with Gasteiger partial charge in [-0.3, -0.25) is 9.78 Å². The van der Waals surface area contributed by atoms with E-state index in [0.29, 0.717) is 30.1 Å². The molecule has 1 aliphatic rings. The molecule has 6 nitrogen and oxygen atoms in total. The highest BCUT2D eigenvalue weighted by Crippen LogP contribution is 2.20. The third-order valence-electron chi connectivity index (χ3n) is 4.99. The second-order valence-electron chi connectivity index (χ2n) is 7.10. The molecular formula is C20H25N3O3S. The van der Waals surface area contributed by atoms with Gasteiger partial charge in [0.25, 0.3) is 5.91 Å². The molecule has 7 heteroatoms. The lowest BCUT2D eigenvalue weighted by Crippen LogP contribution is -2.41. The summed E-state index contributed by atoms with van der Waals surface area (Å²) in [4.78, 5) is 18.6. The number of aromatic nitrogens is 1. The van der Waals surface area contributed by atoms with Gasteiger partial charge in [-0.2, -0.15) is 0 Å². The van der Waals surface area contributed by atoms with E-state index in [-0.39, 0.29) is 11.8 Å². The van der Waals surface area contributed by atoms with Crippen molar-refractivity contribution in [1.82, 2.24) is 14.6 Å². The van der Waals surface area contributed by atoms with Crippen LogP contribution in [-0.2, 0) is 10.0 Å². The number of nitrogens with zero attached hydrogens (tertiary/aromatic N) is 2. The minimum absolute atomic E-state index is 0.0163. The van der Waals surface area contributed by atoms with Crippen LogP contribution in [0, 0.1) is 19.8 Å². The van der Waals surface area contributed by atoms with Crippen LogP contribution in [0.15, 0.2) is 47.6 Å². The molecule has 3 rings (SSSR count). The maximum absolute atomic E-state index is 12.6. The Kier molecular flexibility index (Phi) is 5.92. The second-order valence-corrected chi connectivity index (χ2v) is 8.83. The lowest BCUT2D eigenvalue weighted by molar-refractivity contribution is 0.0691. The third-order valence-corrected chi connectivity index (χ3v) is 6.58. The summed E-state index contributed by atoms with van der Waals surface area (Å²) in [6, 6.07) is 8.85. The molecule has 0 spiro atoms. The van der Waals surface area contributed by atoms with Gasteiger partial charge in [0.1, 0.15) is 0 Å². The molecule has 27 heavy (non-hydrogen) atoms. The zero-order chi connectivity index (χ0) is 19.4. The van der Waals surface area contributed by atoms with Gasteiger partial charge in [0.15, 0.2) is 0 Å². The summed E-state index contributed by atoms with van der Waals surface area (Å²) < 4.78 is 27.9. The summed E-state index contributed by atoms with van der Waals surface area (Å²) in [6.45, 7) is 5.40. The van der Waals surface area contributed by atoms with Crippen LogP contribution < -0.4 is 4.72 Å². The highest BCUT2D eigenvalue weighted by molar-refractivity contribution is 7.89. The Morgan fingerprint density at radius 3 is 2.59 bits per heavy atom. The van der Waals surface area contributed by atoms with E-state index in [9.17, 15) is 13.2 Å². The van der Waals surface area contributed by atoms with Crippen molar-refractivity contribution >= 4 is 15.9 Å². The second kappa shape index (κ2) is 8.19. The lowest BCUT2D eigenvalue weighted by Gasteiger charge is -2.32. The summed E-state index contributed by atoms with van der Waals surface area (Å²) in [5.74, 6) is 0.209. The topological polar surface area (TPSA) is 79.4 Å². The Morgan fingerprint density at radius 1 is 1.22 bits per heavy atom. The molecule has 1 N–H and O–H groups in total. The number of hydrogen-bond donors (Lipinski definition) is 1. The van der Waals surface area contributed by atoms with Crippen molar-refractivity contribution in [3.05, 3.63) is 59.4 Å². The van der Waals surface area contributed by atoms with E-state index in [1.54, 1.807) is 30.6 Å². The maximum atomic E-state index is 12.6. The van der Waals surface area contributed by atoms with Crippen molar-refractivity contribution in [3.8, 4) is 0 Å². The van der Waals surface area contributed by atoms with Gasteiger partial charge in [0.2, 0.25) is 10.0 Å². The first-order chi connectivity index (χ1) is 12.9. The fraction of sp³-hybridized carbons (Fsp3) is 0.400. The van der Waals surface area contributed by atoms with Crippen LogP contribution in [0.25, 0.3) is 0 Å². The smallest absolute Gasteiger partial charge is 0.255 e. The van der Waals surface area contributed by atoms with Crippen molar-refractivity contribution in [3.63, 3.8) is 0 Å². The number of rotatable bonds is 5. The number of sulfonamides is 1. The first kappa shape index (κ1) is 19.5. The van der Waals surface area contributed by atoms with Crippen LogP contribution in [0.2, 0.25) is 0 Å². The number of carbonyl (C=O) groups is 1. The highest BCUT2D eigenvalue weighted by Gasteiger charge is 2.25. The van der Waals surface area contributed by atoms with Crippen molar-refractivity contribution in [2.75, 3.05) is 19.6 Å². The predicted octanol–water partition coefficient (Wildman–Crippen LogP) is 2.53. The van der Waals surface area contributed by atoms with Crippen molar-refractivity contribution in [2.45, 2.75) is 31.6 Å². The van der Waals surface area contributed by atoms with Crippen molar-refractivity contribution < 1.29 is 13.2 Å². The SMILES string of the molecule is Cc1ccc(S(=O)(=O)NCC2CCN(C(=O)c3cccnc3)CC2)c(C)c1. The Bertz CT molecular complexity index is 905. The first-order valence-electron chi connectivity index (χ1n) is 9.13. The van der Waals surface area contributed by atoms with Gasteiger partial charge in [0, 0.05) is 32.0 Å². The molecule has 2 heterocycles. The standard InChI is InChI=1S/C20H25N3O3S/c1-15-5-6-19(16(2)12-15)27(25,26)22-13-17-7-10-23(11-8-17)20(24)18-4-3-9-21-14-18/h3-6,9,12,14,17,22H,7-8,10-11,13H2,1-2H3. The van der Waals surface area contributed by atoms with Gasteiger partial charge in [-0.1, -0.05) is 17.7 Å². The molecule has 0 bridgehead atoms. The monoisotopic (exact) mass is 387 g/mol. The van der Waals surface area contributed by atoms with E-state index in [4.69, 9.17) is 0 Å². The molecule has 1 amide bonds. The van der Waals surface area contributed by atoms with E-state index in [2.05, 4.69) is 9.71 Å². The molecule has 0 saturated carbocycles. The maximum Gasteiger partial charge on any atom is 0.255 e. The van der Waals surface area contributed by atoms with Gasteiger partial charge in [-0.25, -0.2) is 13.1 Å². The Morgan fingerprint density at radius 2 is 1.96 bits per heavy atom. The summed E-state index contributed by atoms with van der Waals surface area (Å²) in [6.07, 6.45) is 4.78. The number of amides is 1. The van der Waals surface area contributed by atoms with Gasteiger partial charge in [-0.15, -0.1) is 0 Å². The quantitative estimate of drug-likeness (QED) is 0.855. The molecule has 0 unspecified atom stereocenters. The number of pyridine rings is 1. The molecule has 2 aromatic rings. The number of benzene rings is 1. The number of hydrogen-bond acceptors (Lipinski definition) is 4.